The van der Waals surface area contributed by atoms with Gasteiger partial charge in [0.05, 0.1) is 6.26 Å². The van der Waals surface area contributed by atoms with Crippen molar-refractivity contribution in [1.29, 1.82) is 0 Å². The molecule has 1 unspecified atom stereocenters. The third-order valence-electron chi connectivity index (χ3n) is 4.98. The lowest BCUT2D eigenvalue weighted by molar-refractivity contribution is -0.121. The third-order valence-corrected chi connectivity index (χ3v) is 5.39. The van der Waals surface area contributed by atoms with Gasteiger partial charge in [-0.3, -0.25) is 9.59 Å². The number of furan rings is 1. The summed E-state index contributed by atoms with van der Waals surface area (Å²) in [6.07, 6.45) is 1.89. The molecule has 0 bridgehead atoms. The van der Waals surface area contributed by atoms with Gasteiger partial charge < -0.3 is 14.6 Å². The van der Waals surface area contributed by atoms with Gasteiger partial charge in [-0.15, -0.1) is 0 Å². The fraction of sp³-hybridized carbons (Fsp3) is 0.182. The minimum atomic E-state index is -0.646. The second-order valence-corrected chi connectivity index (χ2v) is 7.26. The number of carbonyl (C=O) groups is 2. The van der Waals surface area contributed by atoms with Crippen LogP contribution in [-0.4, -0.2) is 22.8 Å². The zero-order chi connectivity index (χ0) is 19.7. The van der Waals surface area contributed by atoms with E-state index in [0.717, 1.165) is 16.7 Å². The van der Waals surface area contributed by atoms with E-state index in [1.54, 1.807) is 29.2 Å². The van der Waals surface area contributed by atoms with Crippen molar-refractivity contribution >= 4 is 29.1 Å². The molecule has 0 spiro atoms. The molecule has 6 heteroatoms. The van der Waals surface area contributed by atoms with Gasteiger partial charge in [0.1, 0.15) is 6.04 Å². The van der Waals surface area contributed by atoms with Crippen LogP contribution in [0, 0.1) is 6.92 Å². The number of amides is 2. The van der Waals surface area contributed by atoms with Crippen LogP contribution in [0.1, 0.15) is 27.2 Å². The summed E-state index contributed by atoms with van der Waals surface area (Å²) in [4.78, 5) is 27.6. The molecule has 0 saturated carbocycles. The number of benzene rings is 2. The van der Waals surface area contributed by atoms with Gasteiger partial charge in [0, 0.05) is 23.7 Å². The maximum Gasteiger partial charge on any atom is 0.290 e. The summed E-state index contributed by atoms with van der Waals surface area (Å²) in [6, 6.07) is 15.8. The average Bonchev–Trinajstić information content (AvgIpc) is 3.24. The highest BCUT2D eigenvalue weighted by atomic mass is 35.5. The molecule has 0 saturated heterocycles. The number of hydrogen-bond acceptors (Lipinski definition) is 3. The highest BCUT2D eigenvalue weighted by molar-refractivity contribution is 6.31. The van der Waals surface area contributed by atoms with Gasteiger partial charge in [0.2, 0.25) is 5.91 Å². The van der Waals surface area contributed by atoms with E-state index in [1.165, 1.54) is 6.26 Å². The first-order valence-corrected chi connectivity index (χ1v) is 9.39. The van der Waals surface area contributed by atoms with Gasteiger partial charge >= 0.3 is 0 Å². The highest BCUT2D eigenvalue weighted by Crippen LogP contribution is 2.27. The maximum atomic E-state index is 13.1. The third kappa shape index (κ3) is 3.53. The Hall–Kier alpha value is -3.05. The van der Waals surface area contributed by atoms with E-state index >= 15 is 0 Å². The second kappa shape index (κ2) is 7.52. The van der Waals surface area contributed by atoms with Crippen LogP contribution in [0.2, 0.25) is 5.02 Å². The Morgan fingerprint density at radius 3 is 2.61 bits per heavy atom. The smallest absolute Gasteiger partial charge is 0.290 e. The fourth-order valence-electron chi connectivity index (χ4n) is 3.41. The number of rotatable bonds is 3. The Balaban J connectivity index is 1.64. The summed E-state index contributed by atoms with van der Waals surface area (Å²) >= 11 is 6.17. The zero-order valence-corrected chi connectivity index (χ0v) is 16.1. The van der Waals surface area contributed by atoms with Crippen LogP contribution in [0.3, 0.4) is 0 Å². The van der Waals surface area contributed by atoms with Crippen molar-refractivity contribution in [2.45, 2.75) is 25.9 Å². The van der Waals surface area contributed by atoms with Crippen molar-refractivity contribution in [3.8, 4) is 0 Å². The summed E-state index contributed by atoms with van der Waals surface area (Å²) in [5.74, 6) is -0.341. The van der Waals surface area contributed by atoms with Crippen LogP contribution in [-0.2, 0) is 17.8 Å². The van der Waals surface area contributed by atoms with Crippen LogP contribution in [0.4, 0.5) is 5.69 Å². The first kappa shape index (κ1) is 18.3. The monoisotopic (exact) mass is 394 g/mol. The van der Waals surface area contributed by atoms with Crippen molar-refractivity contribution in [2.24, 2.45) is 0 Å². The van der Waals surface area contributed by atoms with Crippen LogP contribution < -0.4 is 5.32 Å². The normalized spacial score (nSPS) is 15.8. The topological polar surface area (TPSA) is 62.6 Å². The van der Waals surface area contributed by atoms with Crippen LogP contribution >= 0.6 is 11.6 Å². The predicted octanol–water partition coefficient (Wildman–Crippen LogP) is 4.45. The molecule has 28 heavy (non-hydrogen) atoms. The molecule has 1 N–H and O–H groups in total. The summed E-state index contributed by atoms with van der Waals surface area (Å²) < 4.78 is 5.27. The van der Waals surface area contributed by atoms with Crippen LogP contribution in [0.25, 0.3) is 0 Å². The number of fused-ring (bicyclic) bond motifs is 1. The fourth-order valence-corrected chi connectivity index (χ4v) is 3.59. The molecular formula is C22H19ClN2O3. The number of hydrogen-bond donors (Lipinski definition) is 1. The van der Waals surface area contributed by atoms with Crippen molar-refractivity contribution in [1.82, 2.24) is 4.90 Å². The van der Waals surface area contributed by atoms with E-state index < -0.39 is 6.04 Å². The molecule has 0 fully saturated rings. The molecule has 142 valence electrons. The van der Waals surface area contributed by atoms with E-state index in [2.05, 4.69) is 5.32 Å². The van der Waals surface area contributed by atoms with Crippen molar-refractivity contribution in [2.75, 3.05) is 5.32 Å². The second-order valence-electron chi connectivity index (χ2n) is 6.85. The molecule has 1 aromatic heterocycles. The standard InChI is InChI=1S/C22H19ClN2O3/c1-14-8-9-17(12-18(14)23)24-21(26)19-11-15-5-2-3-6-16(15)13-25(19)22(27)20-7-4-10-28-20/h2-10,12,19H,11,13H2,1H3,(H,24,26). The summed E-state index contributed by atoms with van der Waals surface area (Å²) in [7, 11) is 0. The number of anilines is 1. The van der Waals surface area contributed by atoms with Crippen LogP contribution in [0.15, 0.2) is 65.3 Å². The van der Waals surface area contributed by atoms with Crippen molar-refractivity contribution in [3.05, 3.63) is 88.3 Å². The minimum absolute atomic E-state index is 0.218. The number of halogens is 1. The zero-order valence-electron chi connectivity index (χ0n) is 15.3. The Kier molecular flexibility index (Phi) is 4.92. The lowest BCUT2D eigenvalue weighted by atomic mass is 9.93. The van der Waals surface area contributed by atoms with E-state index in [-0.39, 0.29) is 17.6 Å². The molecule has 2 heterocycles. The molecule has 0 radical (unpaired) electrons. The molecule has 4 rings (SSSR count). The molecule has 2 aromatic carbocycles. The number of aryl methyl sites for hydroxylation is 1. The first-order valence-electron chi connectivity index (χ1n) is 9.01. The maximum absolute atomic E-state index is 13.1. The molecule has 1 aliphatic rings. The summed E-state index contributed by atoms with van der Waals surface area (Å²) in [5, 5.41) is 3.47. The lowest BCUT2D eigenvalue weighted by Gasteiger charge is -2.35. The SMILES string of the molecule is Cc1ccc(NC(=O)C2Cc3ccccc3CN2C(=O)c2ccco2)cc1Cl. The molecular weight excluding hydrogens is 376 g/mol. The summed E-state index contributed by atoms with van der Waals surface area (Å²) in [5.41, 5.74) is 3.63. The van der Waals surface area contributed by atoms with Crippen molar-refractivity contribution in [3.63, 3.8) is 0 Å². The Morgan fingerprint density at radius 2 is 1.89 bits per heavy atom. The van der Waals surface area contributed by atoms with Gasteiger partial charge in [-0.05, 0) is 47.9 Å². The van der Waals surface area contributed by atoms with E-state index in [1.807, 2.05) is 37.3 Å². The van der Waals surface area contributed by atoms with E-state index in [9.17, 15) is 9.59 Å². The average molecular weight is 395 g/mol. The molecule has 5 nitrogen and oxygen atoms in total. The van der Waals surface area contributed by atoms with Gasteiger partial charge in [-0.2, -0.15) is 0 Å². The Labute approximate surface area is 167 Å². The quantitative estimate of drug-likeness (QED) is 0.714. The van der Waals surface area contributed by atoms with E-state index in [4.69, 9.17) is 16.0 Å². The number of nitrogens with zero attached hydrogens (tertiary/aromatic N) is 1. The van der Waals surface area contributed by atoms with Gasteiger partial charge in [-0.25, -0.2) is 0 Å². The molecule has 1 aliphatic heterocycles. The molecule has 1 atom stereocenters. The summed E-state index contributed by atoms with van der Waals surface area (Å²) in [6.45, 7) is 2.25. The number of carbonyl (C=O) groups excluding carboxylic acids is 2. The van der Waals surface area contributed by atoms with Gasteiger partial charge in [-0.1, -0.05) is 41.9 Å². The molecule has 0 aliphatic carbocycles. The lowest BCUT2D eigenvalue weighted by Crippen LogP contribution is -2.50. The van der Waals surface area contributed by atoms with E-state index in [0.29, 0.717) is 23.7 Å². The largest absolute Gasteiger partial charge is 0.459 e. The number of nitrogens with one attached hydrogen (secondary N) is 1. The van der Waals surface area contributed by atoms with Crippen LogP contribution in [0.5, 0.6) is 0 Å². The molecule has 2 amide bonds. The highest BCUT2D eigenvalue weighted by Gasteiger charge is 2.36. The van der Waals surface area contributed by atoms with Gasteiger partial charge in [0.15, 0.2) is 5.76 Å². The van der Waals surface area contributed by atoms with Crippen molar-refractivity contribution < 1.29 is 14.0 Å². The minimum Gasteiger partial charge on any atom is -0.459 e. The Bertz CT molecular complexity index is 1030. The molecule has 3 aromatic rings. The predicted molar refractivity (Wildman–Crippen MR) is 107 cm³/mol. The Morgan fingerprint density at radius 1 is 1.11 bits per heavy atom. The first-order chi connectivity index (χ1) is 13.5. The van der Waals surface area contributed by atoms with Gasteiger partial charge in [0.25, 0.3) is 5.91 Å².